The van der Waals surface area contributed by atoms with Gasteiger partial charge >= 0.3 is 5.97 Å². The highest BCUT2D eigenvalue weighted by atomic mass is 35.5. The number of piperidine rings is 1. The third kappa shape index (κ3) is 4.83. The van der Waals surface area contributed by atoms with Crippen molar-refractivity contribution in [3.8, 4) is 0 Å². The zero-order valence-corrected chi connectivity index (χ0v) is 14.4. The number of amides is 1. The average Bonchev–Trinajstić information content (AvgIpc) is 2.47. The Morgan fingerprint density at radius 2 is 1.83 bits per heavy atom. The number of rotatable bonds is 5. The Morgan fingerprint density at radius 1 is 1.26 bits per heavy atom. The first kappa shape index (κ1) is 18.0. The fourth-order valence-electron chi connectivity index (χ4n) is 3.02. The normalized spacial score (nSPS) is 17.7. The van der Waals surface area contributed by atoms with Gasteiger partial charge in [0.1, 0.15) is 6.04 Å². The first-order chi connectivity index (χ1) is 10.9. The molecule has 1 aromatic rings. The SMILES string of the molecule is CNC(=O)CC1CCN(C(C(=O)O)c2cc(Cl)cc(Cl)c2)CC1. The molecule has 126 valence electrons. The van der Waals surface area contributed by atoms with E-state index < -0.39 is 12.0 Å². The Labute approximate surface area is 145 Å². The average molecular weight is 359 g/mol. The predicted octanol–water partition coefficient (Wildman–Crippen LogP) is 2.97. The molecule has 0 aromatic heterocycles. The van der Waals surface area contributed by atoms with Gasteiger partial charge in [0.15, 0.2) is 0 Å². The van der Waals surface area contributed by atoms with Crippen LogP contribution in [0.4, 0.5) is 0 Å². The number of halogens is 2. The number of hydrogen-bond donors (Lipinski definition) is 2. The lowest BCUT2D eigenvalue weighted by Crippen LogP contribution is -2.41. The summed E-state index contributed by atoms with van der Waals surface area (Å²) in [7, 11) is 1.63. The van der Waals surface area contributed by atoms with Crippen molar-refractivity contribution in [1.82, 2.24) is 10.2 Å². The van der Waals surface area contributed by atoms with Crippen molar-refractivity contribution in [2.24, 2.45) is 5.92 Å². The van der Waals surface area contributed by atoms with Gasteiger partial charge in [0.25, 0.3) is 0 Å². The monoisotopic (exact) mass is 358 g/mol. The second kappa shape index (κ2) is 7.99. The van der Waals surface area contributed by atoms with E-state index in [1.165, 1.54) is 0 Å². The topological polar surface area (TPSA) is 69.6 Å². The van der Waals surface area contributed by atoms with Crippen LogP contribution >= 0.6 is 23.2 Å². The summed E-state index contributed by atoms with van der Waals surface area (Å²) in [6.45, 7) is 1.26. The number of benzene rings is 1. The zero-order chi connectivity index (χ0) is 17.0. The third-order valence-corrected chi connectivity index (χ3v) is 4.64. The fraction of sp³-hybridized carbons (Fsp3) is 0.500. The van der Waals surface area contributed by atoms with Crippen LogP contribution in [0.3, 0.4) is 0 Å². The summed E-state index contributed by atoms with van der Waals surface area (Å²) < 4.78 is 0. The molecule has 0 saturated carbocycles. The van der Waals surface area contributed by atoms with Crippen LogP contribution in [-0.4, -0.2) is 42.0 Å². The van der Waals surface area contributed by atoms with Gasteiger partial charge in [0, 0.05) is 23.5 Å². The summed E-state index contributed by atoms with van der Waals surface area (Å²) >= 11 is 12.0. The van der Waals surface area contributed by atoms with Crippen molar-refractivity contribution in [2.45, 2.75) is 25.3 Å². The summed E-state index contributed by atoms with van der Waals surface area (Å²) in [5.41, 5.74) is 0.583. The number of carbonyl (C=O) groups excluding carboxylic acids is 1. The van der Waals surface area contributed by atoms with E-state index in [9.17, 15) is 14.7 Å². The summed E-state index contributed by atoms with van der Waals surface area (Å²) in [5.74, 6) is -0.600. The van der Waals surface area contributed by atoms with Gasteiger partial charge in [-0.2, -0.15) is 0 Å². The summed E-state index contributed by atoms with van der Waals surface area (Å²) in [6, 6.07) is 4.10. The highest BCUT2D eigenvalue weighted by Crippen LogP contribution is 2.31. The minimum atomic E-state index is -0.923. The molecule has 1 aromatic carbocycles. The molecule has 0 aliphatic carbocycles. The van der Waals surface area contributed by atoms with E-state index in [1.807, 2.05) is 4.90 Å². The van der Waals surface area contributed by atoms with Gasteiger partial charge in [0.05, 0.1) is 0 Å². The molecule has 0 bridgehead atoms. The van der Waals surface area contributed by atoms with Crippen molar-refractivity contribution in [3.63, 3.8) is 0 Å². The molecular formula is C16H20Cl2N2O3. The number of aliphatic carboxylic acids is 1. The molecule has 2 rings (SSSR count). The molecule has 5 nitrogen and oxygen atoms in total. The van der Waals surface area contributed by atoms with E-state index in [4.69, 9.17) is 23.2 Å². The molecule has 1 amide bonds. The molecule has 1 unspecified atom stereocenters. The Morgan fingerprint density at radius 3 is 2.30 bits per heavy atom. The maximum absolute atomic E-state index is 11.7. The predicted molar refractivity (Wildman–Crippen MR) is 89.8 cm³/mol. The molecule has 1 fully saturated rings. The van der Waals surface area contributed by atoms with E-state index >= 15 is 0 Å². The Hall–Kier alpha value is -1.30. The lowest BCUT2D eigenvalue weighted by molar-refractivity contribution is -0.144. The van der Waals surface area contributed by atoms with Crippen LogP contribution < -0.4 is 5.32 Å². The number of likely N-dealkylation sites (tertiary alicyclic amines) is 1. The van der Waals surface area contributed by atoms with Crippen LogP contribution in [0.2, 0.25) is 10.0 Å². The van der Waals surface area contributed by atoms with Crippen LogP contribution in [0, 0.1) is 5.92 Å². The van der Waals surface area contributed by atoms with E-state index in [0.29, 0.717) is 41.0 Å². The van der Waals surface area contributed by atoms with E-state index in [2.05, 4.69) is 5.32 Å². The highest BCUT2D eigenvalue weighted by molar-refractivity contribution is 6.34. The second-order valence-electron chi connectivity index (χ2n) is 5.80. The molecular weight excluding hydrogens is 339 g/mol. The first-order valence-corrected chi connectivity index (χ1v) is 8.29. The lowest BCUT2D eigenvalue weighted by Gasteiger charge is -2.35. The van der Waals surface area contributed by atoms with E-state index in [1.54, 1.807) is 25.2 Å². The molecule has 1 atom stereocenters. The van der Waals surface area contributed by atoms with Crippen LogP contribution in [0.1, 0.15) is 30.9 Å². The Kier molecular flexibility index (Phi) is 6.27. The number of carboxylic acids is 1. The van der Waals surface area contributed by atoms with Gasteiger partial charge in [-0.3, -0.25) is 14.5 Å². The van der Waals surface area contributed by atoms with Crippen molar-refractivity contribution >= 4 is 35.1 Å². The maximum Gasteiger partial charge on any atom is 0.325 e. The van der Waals surface area contributed by atoms with Crippen molar-refractivity contribution < 1.29 is 14.7 Å². The van der Waals surface area contributed by atoms with Crippen LogP contribution in [0.25, 0.3) is 0 Å². The highest BCUT2D eigenvalue weighted by Gasteiger charge is 2.31. The number of carboxylic acid groups (broad SMARTS) is 1. The van der Waals surface area contributed by atoms with E-state index in [-0.39, 0.29) is 5.91 Å². The standard InChI is InChI=1S/C16H20Cl2N2O3/c1-19-14(21)6-10-2-4-20(5-3-10)15(16(22)23)11-7-12(17)9-13(18)8-11/h7-10,15H,2-6H2,1H3,(H,19,21)(H,22,23). The van der Waals surface area contributed by atoms with E-state index in [0.717, 1.165) is 12.8 Å². The zero-order valence-electron chi connectivity index (χ0n) is 12.9. The molecule has 0 radical (unpaired) electrons. The number of carbonyl (C=O) groups is 2. The second-order valence-corrected chi connectivity index (χ2v) is 6.67. The van der Waals surface area contributed by atoms with Gasteiger partial charge in [0.2, 0.25) is 5.91 Å². The van der Waals surface area contributed by atoms with Crippen molar-refractivity contribution in [3.05, 3.63) is 33.8 Å². The summed E-state index contributed by atoms with van der Waals surface area (Å²) in [4.78, 5) is 25.1. The van der Waals surface area contributed by atoms with Gasteiger partial charge < -0.3 is 10.4 Å². The summed E-state index contributed by atoms with van der Waals surface area (Å²) in [6.07, 6.45) is 2.09. The quantitative estimate of drug-likeness (QED) is 0.848. The minimum absolute atomic E-state index is 0.0276. The molecule has 0 spiro atoms. The molecule has 23 heavy (non-hydrogen) atoms. The van der Waals surface area contributed by atoms with Gasteiger partial charge in [-0.15, -0.1) is 0 Å². The smallest absolute Gasteiger partial charge is 0.325 e. The number of hydrogen-bond acceptors (Lipinski definition) is 3. The summed E-state index contributed by atoms with van der Waals surface area (Å²) in [5, 5.41) is 13.1. The van der Waals surface area contributed by atoms with Crippen molar-refractivity contribution in [2.75, 3.05) is 20.1 Å². The first-order valence-electron chi connectivity index (χ1n) is 7.54. The van der Waals surface area contributed by atoms with Gasteiger partial charge in [-0.05, 0) is 55.6 Å². The molecule has 2 N–H and O–H groups in total. The lowest BCUT2D eigenvalue weighted by atomic mass is 9.91. The van der Waals surface area contributed by atoms with Crippen LogP contribution in [0.15, 0.2) is 18.2 Å². The molecule has 7 heteroatoms. The number of nitrogens with one attached hydrogen (secondary N) is 1. The molecule has 1 aliphatic rings. The van der Waals surface area contributed by atoms with Crippen LogP contribution in [-0.2, 0) is 9.59 Å². The van der Waals surface area contributed by atoms with Gasteiger partial charge in [-0.25, -0.2) is 0 Å². The fourth-order valence-corrected chi connectivity index (χ4v) is 3.57. The minimum Gasteiger partial charge on any atom is -0.480 e. The molecule has 1 saturated heterocycles. The maximum atomic E-state index is 11.7. The van der Waals surface area contributed by atoms with Crippen LogP contribution in [0.5, 0.6) is 0 Å². The molecule has 1 aliphatic heterocycles. The van der Waals surface area contributed by atoms with Gasteiger partial charge in [-0.1, -0.05) is 23.2 Å². The number of nitrogens with zero attached hydrogens (tertiary/aromatic N) is 1. The Bertz CT molecular complexity index is 566. The molecule has 1 heterocycles. The third-order valence-electron chi connectivity index (χ3n) is 4.20. The largest absolute Gasteiger partial charge is 0.480 e. The Balaban J connectivity index is 2.08. The van der Waals surface area contributed by atoms with Crippen molar-refractivity contribution in [1.29, 1.82) is 0 Å².